The van der Waals surface area contributed by atoms with Crippen LogP contribution in [0.1, 0.15) is 0 Å². The Kier molecular flexibility index (Phi) is 4.23. The van der Waals surface area contributed by atoms with Crippen LogP contribution in [0, 0.1) is 30.3 Å². The molecular weight excluding hydrogens is 402 g/mol. The van der Waals surface area contributed by atoms with Crippen molar-refractivity contribution in [3.63, 3.8) is 0 Å². The van der Waals surface area contributed by atoms with E-state index in [1.165, 1.54) is 36.4 Å². The van der Waals surface area contributed by atoms with E-state index < -0.39 is 14.8 Å². The second-order valence-electron chi connectivity index (χ2n) is 5.85. The second kappa shape index (κ2) is 6.89. The molecule has 15 nitrogen and oxygen atoms in total. The molecule has 4 rings (SSSR count). The molecule has 0 aliphatic heterocycles. The lowest BCUT2D eigenvalue weighted by Gasteiger charge is -2.01. The highest BCUT2D eigenvalue weighted by Gasteiger charge is 2.22. The highest BCUT2D eigenvalue weighted by molar-refractivity contribution is 5.64. The third-order valence-electron chi connectivity index (χ3n) is 3.96. The smallest absolute Gasteiger partial charge is 0.321 e. The van der Waals surface area contributed by atoms with Crippen LogP contribution in [0.4, 0.5) is 17.5 Å². The summed E-state index contributed by atoms with van der Waals surface area (Å²) >= 11 is 0. The summed E-state index contributed by atoms with van der Waals surface area (Å²) < 4.78 is 0. The van der Waals surface area contributed by atoms with Gasteiger partial charge in [-0.25, -0.2) is 29.9 Å². The zero-order chi connectivity index (χ0) is 21.4. The number of rotatable bonds is 6. The van der Waals surface area contributed by atoms with Crippen LogP contribution in [0.15, 0.2) is 36.4 Å². The fourth-order valence-electron chi connectivity index (χ4n) is 2.60. The predicted molar refractivity (Wildman–Crippen MR) is 99.2 cm³/mol. The number of hydrogen-bond acceptors (Lipinski definition) is 9. The lowest BCUT2D eigenvalue weighted by atomic mass is 10.3. The van der Waals surface area contributed by atoms with Crippen LogP contribution in [0.3, 0.4) is 0 Å². The predicted octanol–water partition coefficient (Wildman–Crippen LogP) is 2.58. The van der Waals surface area contributed by atoms with E-state index in [-0.39, 0.29) is 52.0 Å². The summed E-state index contributed by atoms with van der Waals surface area (Å²) in [4.78, 5) is 51.2. The average molecular weight is 411 g/mol. The first-order valence-corrected chi connectivity index (χ1v) is 8.09. The Hall–Kier alpha value is -4.95. The Balaban J connectivity index is 1.86. The Labute approximate surface area is 164 Å². The summed E-state index contributed by atoms with van der Waals surface area (Å²) in [5, 5.41) is 32.8. The summed E-state index contributed by atoms with van der Waals surface area (Å²) in [7, 11) is 0. The topological polar surface area (TPSA) is 215 Å². The van der Waals surface area contributed by atoms with Crippen molar-refractivity contribution in [3.05, 3.63) is 66.7 Å². The van der Waals surface area contributed by atoms with Gasteiger partial charge in [0.25, 0.3) is 0 Å². The van der Waals surface area contributed by atoms with Crippen LogP contribution in [0.25, 0.3) is 34.6 Å². The molecule has 0 aliphatic rings. The average Bonchev–Trinajstić information content (AvgIpc) is 3.48. The van der Waals surface area contributed by atoms with Gasteiger partial charge in [0.2, 0.25) is 17.5 Å². The Bertz CT molecular complexity index is 1130. The Morgan fingerprint density at radius 2 is 0.800 bits per heavy atom. The minimum Gasteiger partial charge on any atom is -0.358 e. The van der Waals surface area contributed by atoms with Crippen LogP contribution in [-0.4, -0.2) is 44.7 Å². The van der Waals surface area contributed by atoms with E-state index in [9.17, 15) is 30.3 Å². The second-order valence-corrected chi connectivity index (χ2v) is 5.85. The minimum absolute atomic E-state index is 0.00222. The quantitative estimate of drug-likeness (QED) is 0.313. The summed E-state index contributed by atoms with van der Waals surface area (Å²) in [5.41, 5.74) is 0.566. The number of nitrogens with one attached hydrogen (secondary N) is 3. The molecular formula is C15H9N9O6. The number of nitro groups is 3. The van der Waals surface area contributed by atoms with Crippen LogP contribution in [0.2, 0.25) is 0 Å². The molecule has 15 heteroatoms. The van der Waals surface area contributed by atoms with E-state index in [1.54, 1.807) is 0 Å². The molecule has 3 N–H and O–H groups in total. The molecule has 0 aromatic carbocycles. The van der Waals surface area contributed by atoms with Gasteiger partial charge in [-0.05, 0) is 33.0 Å². The fourth-order valence-corrected chi connectivity index (χ4v) is 2.60. The molecule has 150 valence electrons. The van der Waals surface area contributed by atoms with Crippen molar-refractivity contribution >= 4 is 17.5 Å². The lowest BCUT2D eigenvalue weighted by molar-refractivity contribution is -0.389. The molecule has 4 heterocycles. The Morgan fingerprint density at radius 3 is 1.00 bits per heavy atom. The molecule has 0 saturated carbocycles. The van der Waals surface area contributed by atoms with Crippen molar-refractivity contribution in [1.82, 2.24) is 29.9 Å². The van der Waals surface area contributed by atoms with Gasteiger partial charge in [0.15, 0.2) is 17.1 Å². The van der Waals surface area contributed by atoms with Crippen LogP contribution < -0.4 is 0 Å². The lowest BCUT2D eigenvalue weighted by Crippen LogP contribution is -2.01. The summed E-state index contributed by atoms with van der Waals surface area (Å²) in [6.45, 7) is 0. The van der Waals surface area contributed by atoms with Crippen molar-refractivity contribution in [2.45, 2.75) is 0 Å². The van der Waals surface area contributed by atoms with Gasteiger partial charge in [-0.1, -0.05) is 0 Å². The van der Waals surface area contributed by atoms with Crippen molar-refractivity contribution in [2.24, 2.45) is 0 Å². The zero-order valence-electron chi connectivity index (χ0n) is 14.6. The van der Waals surface area contributed by atoms with Gasteiger partial charge in [-0.2, -0.15) is 0 Å². The van der Waals surface area contributed by atoms with Gasteiger partial charge >= 0.3 is 17.5 Å². The Morgan fingerprint density at radius 1 is 0.533 bits per heavy atom. The van der Waals surface area contributed by atoms with Crippen molar-refractivity contribution in [3.8, 4) is 34.6 Å². The highest BCUT2D eigenvalue weighted by atomic mass is 16.6. The third kappa shape index (κ3) is 3.33. The number of hydrogen-bond donors (Lipinski definition) is 3. The minimum atomic E-state index is -0.630. The molecule has 0 radical (unpaired) electrons. The summed E-state index contributed by atoms with van der Waals surface area (Å²) in [5.74, 6) is -0.883. The first kappa shape index (κ1) is 18.4. The van der Waals surface area contributed by atoms with Gasteiger partial charge < -0.3 is 30.3 Å². The number of aromatic nitrogens is 6. The molecule has 4 aromatic rings. The molecule has 0 spiro atoms. The maximum atomic E-state index is 10.9. The summed E-state index contributed by atoms with van der Waals surface area (Å²) in [6, 6.07) is 7.81. The van der Waals surface area contributed by atoms with E-state index in [2.05, 4.69) is 29.9 Å². The highest BCUT2D eigenvalue weighted by Crippen LogP contribution is 2.26. The van der Waals surface area contributed by atoms with E-state index in [0.717, 1.165) is 0 Å². The molecule has 0 saturated heterocycles. The van der Waals surface area contributed by atoms with Gasteiger partial charge in [-0.3, -0.25) is 0 Å². The molecule has 0 bridgehead atoms. The van der Waals surface area contributed by atoms with E-state index >= 15 is 0 Å². The fraction of sp³-hybridized carbons (Fsp3) is 0. The number of aromatic amines is 3. The van der Waals surface area contributed by atoms with Crippen LogP contribution in [0.5, 0.6) is 0 Å². The van der Waals surface area contributed by atoms with Crippen molar-refractivity contribution < 1.29 is 14.8 Å². The van der Waals surface area contributed by atoms with E-state index in [0.29, 0.717) is 0 Å². The standard InChI is InChI=1S/C15H9N9O6/c25-22(26)10-4-1-7(16-10)13-19-14(8-2-5-11(17-8)23(27)28)21-15(20-13)9-3-6-12(18-9)24(29)30/h1-6,16-18H. The maximum Gasteiger partial charge on any atom is 0.321 e. The molecule has 0 atom stereocenters. The molecule has 0 fully saturated rings. The van der Waals surface area contributed by atoms with Gasteiger partial charge in [-0.15, -0.1) is 0 Å². The van der Waals surface area contributed by atoms with Gasteiger partial charge in [0.1, 0.15) is 0 Å². The molecule has 4 aromatic heterocycles. The monoisotopic (exact) mass is 411 g/mol. The zero-order valence-corrected chi connectivity index (χ0v) is 14.6. The molecule has 0 unspecified atom stereocenters. The maximum absolute atomic E-state index is 10.9. The largest absolute Gasteiger partial charge is 0.358 e. The molecule has 0 amide bonds. The van der Waals surface area contributed by atoms with Gasteiger partial charge in [0, 0.05) is 18.2 Å². The summed E-state index contributed by atoms with van der Waals surface area (Å²) in [6.07, 6.45) is 0. The molecule has 0 aliphatic carbocycles. The molecule has 30 heavy (non-hydrogen) atoms. The van der Waals surface area contributed by atoms with Gasteiger partial charge in [0.05, 0.1) is 0 Å². The van der Waals surface area contributed by atoms with E-state index in [1.807, 2.05) is 0 Å². The van der Waals surface area contributed by atoms with Crippen LogP contribution in [-0.2, 0) is 0 Å². The first-order chi connectivity index (χ1) is 14.3. The normalized spacial score (nSPS) is 10.8. The first-order valence-electron chi connectivity index (χ1n) is 8.09. The third-order valence-corrected chi connectivity index (χ3v) is 3.96. The SMILES string of the molecule is O=[N+]([O-])c1ccc(-c2nc(-c3ccc([N+](=O)[O-])[nH]3)nc(-c3ccc([N+](=O)[O-])[nH]3)n2)[nH]1. The van der Waals surface area contributed by atoms with E-state index in [4.69, 9.17) is 0 Å². The number of nitrogens with zero attached hydrogens (tertiary/aromatic N) is 6. The van der Waals surface area contributed by atoms with Crippen molar-refractivity contribution in [1.29, 1.82) is 0 Å². The van der Waals surface area contributed by atoms with Crippen LogP contribution >= 0.6 is 0 Å². The van der Waals surface area contributed by atoms with Crippen molar-refractivity contribution in [2.75, 3.05) is 0 Å². The number of H-pyrrole nitrogens is 3.